The summed E-state index contributed by atoms with van der Waals surface area (Å²) in [6.07, 6.45) is 2.10. The minimum Gasteiger partial charge on any atom is -0.466 e. The molecule has 1 fully saturated rings. The van der Waals surface area contributed by atoms with Gasteiger partial charge in [-0.1, -0.05) is 13.8 Å². The normalized spacial score (nSPS) is 21.2. The van der Waals surface area contributed by atoms with Crippen LogP contribution in [0.3, 0.4) is 0 Å². The molecule has 106 valence electrons. The van der Waals surface area contributed by atoms with Gasteiger partial charge < -0.3 is 14.5 Å². The van der Waals surface area contributed by atoms with Crippen molar-refractivity contribution in [3.63, 3.8) is 0 Å². The molecule has 1 aliphatic heterocycles. The first kappa shape index (κ1) is 15.4. The number of nitrogens with zero attached hydrogens (tertiary/aromatic N) is 2. The van der Waals surface area contributed by atoms with E-state index in [4.69, 9.17) is 4.74 Å². The Morgan fingerprint density at radius 3 is 2.67 bits per heavy atom. The lowest BCUT2D eigenvalue weighted by Gasteiger charge is -2.32. The van der Waals surface area contributed by atoms with E-state index in [2.05, 4.69) is 23.6 Å². The third-order valence-electron chi connectivity index (χ3n) is 3.75. The molecule has 0 aromatic carbocycles. The van der Waals surface area contributed by atoms with Crippen molar-refractivity contribution in [3.05, 3.63) is 0 Å². The van der Waals surface area contributed by atoms with Crippen LogP contribution in [0.2, 0.25) is 0 Å². The summed E-state index contributed by atoms with van der Waals surface area (Å²) >= 11 is 0. The highest BCUT2D eigenvalue weighted by atomic mass is 16.5. The monoisotopic (exact) mass is 256 g/mol. The first-order valence-corrected chi connectivity index (χ1v) is 7.32. The number of rotatable bonds is 7. The first-order valence-electron chi connectivity index (χ1n) is 7.32. The Balaban J connectivity index is 2.32. The van der Waals surface area contributed by atoms with E-state index in [0.29, 0.717) is 6.61 Å². The molecule has 4 nitrogen and oxygen atoms in total. The second-order valence-electron chi connectivity index (χ2n) is 4.92. The Morgan fingerprint density at radius 1 is 1.33 bits per heavy atom. The number of likely N-dealkylation sites (N-methyl/N-ethyl adjacent to an activating group) is 1. The second kappa shape index (κ2) is 8.48. The summed E-state index contributed by atoms with van der Waals surface area (Å²) < 4.78 is 5.12. The van der Waals surface area contributed by atoms with Crippen molar-refractivity contribution in [2.24, 2.45) is 5.92 Å². The first-order chi connectivity index (χ1) is 8.71. The molecule has 0 bridgehead atoms. The fourth-order valence-corrected chi connectivity index (χ4v) is 2.53. The van der Waals surface area contributed by atoms with E-state index in [1.54, 1.807) is 0 Å². The van der Waals surface area contributed by atoms with Crippen molar-refractivity contribution in [2.75, 3.05) is 45.9 Å². The number of hydrogen-bond acceptors (Lipinski definition) is 4. The summed E-state index contributed by atoms with van der Waals surface area (Å²) in [5.41, 5.74) is 0. The summed E-state index contributed by atoms with van der Waals surface area (Å²) in [6.45, 7) is 13.1. The van der Waals surface area contributed by atoms with Crippen LogP contribution >= 0.6 is 0 Å². The molecule has 4 heteroatoms. The Bertz CT molecular complexity index is 242. The maximum absolute atomic E-state index is 11.7. The van der Waals surface area contributed by atoms with Crippen molar-refractivity contribution < 1.29 is 9.53 Å². The molecule has 0 amide bonds. The van der Waals surface area contributed by atoms with Crippen LogP contribution in [0.25, 0.3) is 0 Å². The zero-order valence-corrected chi connectivity index (χ0v) is 12.2. The second-order valence-corrected chi connectivity index (χ2v) is 4.92. The highest BCUT2D eigenvalue weighted by Gasteiger charge is 2.26. The molecule has 1 atom stereocenters. The molecule has 0 N–H and O–H groups in total. The molecular formula is C14H28N2O2. The van der Waals surface area contributed by atoms with Crippen LogP contribution in [0.5, 0.6) is 0 Å². The number of hydrogen-bond donors (Lipinski definition) is 0. The van der Waals surface area contributed by atoms with Crippen molar-refractivity contribution in [3.8, 4) is 0 Å². The third kappa shape index (κ3) is 4.94. The number of piperidine rings is 1. The number of carbonyl (C=O) groups is 1. The van der Waals surface area contributed by atoms with Gasteiger partial charge in [0.2, 0.25) is 0 Å². The molecule has 0 unspecified atom stereocenters. The Labute approximate surface area is 111 Å². The molecule has 18 heavy (non-hydrogen) atoms. The van der Waals surface area contributed by atoms with Gasteiger partial charge in [-0.05, 0) is 39.4 Å². The molecule has 0 aromatic heterocycles. The number of carbonyl (C=O) groups excluding carboxylic acids is 1. The van der Waals surface area contributed by atoms with Crippen LogP contribution in [0, 0.1) is 5.92 Å². The zero-order valence-electron chi connectivity index (χ0n) is 12.2. The largest absolute Gasteiger partial charge is 0.466 e. The van der Waals surface area contributed by atoms with Crippen LogP contribution in [0.4, 0.5) is 0 Å². The number of ether oxygens (including phenoxy) is 1. The standard InChI is InChI=1S/C14H28N2O2/c1-4-15(5-2)10-11-16-9-7-8-13(12-16)14(17)18-6-3/h13H,4-12H2,1-3H3/t13-/m0/s1. The van der Waals surface area contributed by atoms with E-state index in [0.717, 1.165) is 52.1 Å². The topological polar surface area (TPSA) is 32.8 Å². The molecule has 0 radical (unpaired) electrons. The maximum atomic E-state index is 11.7. The van der Waals surface area contributed by atoms with Crippen LogP contribution in [0.15, 0.2) is 0 Å². The number of likely N-dealkylation sites (tertiary alicyclic amines) is 1. The van der Waals surface area contributed by atoms with Gasteiger partial charge in [0.15, 0.2) is 0 Å². The van der Waals surface area contributed by atoms with Gasteiger partial charge in [-0.2, -0.15) is 0 Å². The van der Waals surface area contributed by atoms with Gasteiger partial charge in [-0.25, -0.2) is 0 Å². The Kier molecular flexibility index (Phi) is 7.28. The highest BCUT2D eigenvalue weighted by Crippen LogP contribution is 2.17. The molecule has 0 aromatic rings. The van der Waals surface area contributed by atoms with E-state index in [1.165, 1.54) is 0 Å². The molecule has 0 aliphatic carbocycles. The van der Waals surface area contributed by atoms with Crippen molar-refractivity contribution in [1.29, 1.82) is 0 Å². The molecule has 1 aliphatic rings. The van der Waals surface area contributed by atoms with Gasteiger partial charge in [-0.15, -0.1) is 0 Å². The van der Waals surface area contributed by atoms with Crippen LogP contribution in [-0.4, -0.2) is 61.6 Å². The van der Waals surface area contributed by atoms with Gasteiger partial charge in [0.25, 0.3) is 0 Å². The fourth-order valence-electron chi connectivity index (χ4n) is 2.53. The van der Waals surface area contributed by atoms with Crippen molar-refractivity contribution in [1.82, 2.24) is 9.80 Å². The zero-order chi connectivity index (χ0) is 13.4. The van der Waals surface area contributed by atoms with Crippen LogP contribution < -0.4 is 0 Å². The third-order valence-corrected chi connectivity index (χ3v) is 3.75. The number of esters is 1. The molecule has 1 heterocycles. The fraction of sp³-hybridized carbons (Fsp3) is 0.929. The predicted molar refractivity (Wildman–Crippen MR) is 73.6 cm³/mol. The van der Waals surface area contributed by atoms with Gasteiger partial charge in [0.05, 0.1) is 12.5 Å². The smallest absolute Gasteiger partial charge is 0.310 e. The Hall–Kier alpha value is -0.610. The average Bonchev–Trinajstić information content (AvgIpc) is 2.40. The molecular weight excluding hydrogens is 228 g/mol. The summed E-state index contributed by atoms with van der Waals surface area (Å²) in [7, 11) is 0. The van der Waals surface area contributed by atoms with Gasteiger partial charge in [0.1, 0.15) is 0 Å². The van der Waals surface area contributed by atoms with E-state index in [9.17, 15) is 4.79 Å². The quantitative estimate of drug-likeness (QED) is 0.648. The van der Waals surface area contributed by atoms with Crippen molar-refractivity contribution >= 4 is 5.97 Å². The van der Waals surface area contributed by atoms with Crippen LogP contribution in [-0.2, 0) is 9.53 Å². The van der Waals surface area contributed by atoms with Gasteiger partial charge in [-0.3, -0.25) is 4.79 Å². The lowest BCUT2D eigenvalue weighted by atomic mass is 9.98. The van der Waals surface area contributed by atoms with E-state index in [-0.39, 0.29) is 11.9 Å². The maximum Gasteiger partial charge on any atom is 0.310 e. The SMILES string of the molecule is CCOC(=O)[C@H]1CCCN(CCN(CC)CC)C1. The van der Waals surface area contributed by atoms with E-state index in [1.807, 2.05) is 6.92 Å². The average molecular weight is 256 g/mol. The summed E-state index contributed by atoms with van der Waals surface area (Å²) in [5.74, 6) is 0.0837. The van der Waals surface area contributed by atoms with Gasteiger partial charge >= 0.3 is 5.97 Å². The summed E-state index contributed by atoms with van der Waals surface area (Å²) in [5, 5.41) is 0. The highest BCUT2D eigenvalue weighted by molar-refractivity contribution is 5.72. The van der Waals surface area contributed by atoms with Gasteiger partial charge in [0, 0.05) is 19.6 Å². The lowest BCUT2D eigenvalue weighted by Crippen LogP contribution is -2.43. The minimum absolute atomic E-state index is 0.00922. The van der Waals surface area contributed by atoms with E-state index < -0.39 is 0 Å². The molecule has 1 saturated heterocycles. The minimum atomic E-state index is -0.00922. The summed E-state index contributed by atoms with van der Waals surface area (Å²) in [6, 6.07) is 0. The summed E-state index contributed by atoms with van der Waals surface area (Å²) in [4.78, 5) is 16.6. The Morgan fingerprint density at radius 2 is 2.06 bits per heavy atom. The predicted octanol–water partition coefficient (Wildman–Crippen LogP) is 1.60. The molecule has 0 spiro atoms. The molecule has 1 rings (SSSR count). The molecule has 0 saturated carbocycles. The van der Waals surface area contributed by atoms with Crippen LogP contribution in [0.1, 0.15) is 33.6 Å². The van der Waals surface area contributed by atoms with Crippen molar-refractivity contribution in [2.45, 2.75) is 33.6 Å². The lowest BCUT2D eigenvalue weighted by molar-refractivity contribution is -0.149. The van der Waals surface area contributed by atoms with E-state index >= 15 is 0 Å².